The average Bonchev–Trinajstić information content (AvgIpc) is 3.26. The fourth-order valence-electron chi connectivity index (χ4n) is 4.31. The average molecular weight is 474 g/mol. The number of amides is 1. The zero-order valence-corrected chi connectivity index (χ0v) is 19.8. The van der Waals surface area contributed by atoms with Crippen molar-refractivity contribution in [3.63, 3.8) is 0 Å². The highest BCUT2D eigenvalue weighted by atomic mass is 16.6. The van der Waals surface area contributed by atoms with Crippen molar-refractivity contribution in [3.05, 3.63) is 55.0 Å². The van der Waals surface area contributed by atoms with Crippen LogP contribution in [0.4, 0.5) is 4.79 Å². The van der Waals surface area contributed by atoms with Crippen LogP contribution in [0.15, 0.2) is 55.0 Å². The van der Waals surface area contributed by atoms with Crippen molar-refractivity contribution in [1.29, 1.82) is 0 Å². The molecule has 0 bridgehead atoms. The van der Waals surface area contributed by atoms with Crippen LogP contribution in [0.25, 0.3) is 33.4 Å². The van der Waals surface area contributed by atoms with Crippen LogP contribution in [0, 0.1) is 0 Å². The summed E-state index contributed by atoms with van der Waals surface area (Å²) in [4.78, 5) is 23.5. The topological polar surface area (TPSA) is 120 Å². The van der Waals surface area contributed by atoms with Crippen molar-refractivity contribution in [2.24, 2.45) is 12.8 Å². The molecule has 4 aromatic rings. The molecule has 3 heterocycles. The van der Waals surface area contributed by atoms with Gasteiger partial charge in [0, 0.05) is 55.0 Å². The highest BCUT2D eigenvalue weighted by Crippen LogP contribution is 2.38. The van der Waals surface area contributed by atoms with Gasteiger partial charge in [-0.15, -0.1) is 0 Å². The van der Waals surface area contributed by atoms with Crippen LogP contribution >= 0.6 is 0 Å². The third-order valence-electron chi connectivity index (χ3n) is 6.17. The molecule has 1 aliphatic heterocycles. The lowest BCUT2D eigenvalue weighted by Crippen LogP contribution is -2.62. The summed E-state index contributed by atoms with van der Waals surface area (Å²) in [6.45, 7) is 3.02. The number of nitrogens with two attached hydrogens (primary N) is 1. The van der Waals surface area contributed by atoms with Crippen LogP contribution in [-0.2, 0) is 7.05 Å². The molecular weight excluding hydrogens is 446 g/mol. The number of carbonyl (C=O) groups excluding carboxylic acids is 1. The zero-order chi connectivity index (χ0) is 24.5. The Balaban J connectivity index is 1.59. The lowest BCUT2D eigenvalue weighted by Gasteiger charge is -2.37. The Morgan fingerprint density at radius 3 is 2.71 bits per heavy atom. The maximum Gasteiger partial charge on any atom is 0.416 e. The molecule has 0 spiro atoms. The number of hydrogen-bond donors (Lipinski definition) is 2. The summed E-state index contributed by atoms with van der Waals surface area (Å²) in [6.07, 6.45) is 2.39. The quantitative estimate of drug-likeness (QED) is 0.464. The van der Waals surface area contributed by atoms with E-state index in [4.69, 9.17) is 15.2 Å². The van der Waals surface area contributed by atoms with Gasteiger partial charge >= 0.3 is 6.09 Å². The summed E-state index contributed by atoms with van der Waals surface area (Å²) in [5.41, 5.74) is 10.1. The van der Waals surface area contributed by atoms with Crippen molar-refractivity contribution in [3.8, 4) is 34.0 Å². The van der Waals surface area contributed by atoms with E-state index in [2.05, 4.69) is 20.4 Å². The first-order valence-electron chi connectivity index (χ1n) is 11.4. The van der Waals surface area contributed by atoms with E-state index in [0.29, 0.717) is 35.4 Å². The molecule has 0 saturated carbocycles. The maximum atomic E-state index is 13.0. The van der Waals surface area contributed by atoms with Crippen LogP contribution in [0.1, 0.15) is 6.92 Å². The second-order valence-electron chi connectivity index (χ2n) is 8.47. The largest absolute Gasteiger partial charge is 0.493 e. The normalized spacial score (nSPS) is 18.0. The van der Waals surface area contributed by atoms with Gasteiger partial charge in [0.05, 0.1) is 24.5 Å². The number of aryl methyl sites for hydroxylation is 1. The van der Waals surface area contributed by atoms with Crippen LogP contribution in [-0.4, -0.2) is 63.1 Å². The summed E-state index contributed by atoms with van der Waals surface area (Å²) in [5.74, 6) is 0.659. The van der Waals surface area contributed by atoms with E-state index in [-0.39, 0.29) is 11.8 Å². The molecule has 35 heavy (non-hydrogen) atoms. The van der Waals surface area contributed by atoms with Crippen LogP contribution in [0.2, 0.25) is 0 Å². The molecule has 2 aromatic carbocycles. The highest BCUT2D eigenvalue weighted by molar-refractivity contribution is 5.97. The summed E-state index contributed by atoms with van der Waals surface area (Å²) in [6, 6.07) is 13.3. The molecule has 2 atom stereocenters. The number of nitrogens with one attached hydrogen (secondary N) is 1. The number of rotatable bonds is 4. The molecule has 0 unspecified atom stereocenters. The van der Waals surface area contributed by atoms with Gasteiger partial charge in [-0.25, -0.2) is 14.8 Å². The van der Waals surface area contributed by atoms with Crippen LogP contribution < -0.4 is 20.5 Å². The minimum Gasteiger partial charge on any atom is -0.493 e. The van der Waals surface area contributed by atoms with E-state index in [1.165, 1.54) is 18.3 Å². The van der Waals surface area contributed by atoms with Crippen molar-refractivity contribution < 1.29 is 14.3 Å². The van der Waals surface area contributed by atoms with E-state index in [1.54, 1.807) is 16.8 Å². The molecule has 3 N–H and O–H groups in total. The Labute approximate surface area is 202 Å². The molecule has 180 valence electrons. The molecule has 2 aromatic heterocycles. The molecule has 5 rings (SSSR count). The molecule has 0 radical (unpaired) electrons. The molecule has 1 aliphatic rings. The maximum absolute atomic E-state index is 13.0. The summed E-state index contributed by atoms with van der Waals surface area (Å²) < 4.78 is 13.1. The number of aromatic nitrogens is 4. The Hall–Kier alpha value is -4.02. The van der Waals surface area contributed by atoms with Gasteiger partial charge in [-0.1, -0.05) is 30.3 Å². The van der Waals surface area contributed by atoms with E-state index in [9.17, 15) is 4.79 Å². The second kappa shape index (κ2) is 9.32. The lowest BCUT2D eigenvalue weighted by atomic mass is 10.0. The predicted molar refractivity (Wildman–Crippen MR) is 132 cm³/mol. The van der Waals surface area contributed by atoms with Gasteiger partial charge in [-0.2, -0.15) is 5.10 Å². The number of carbonyl (C=O) groups is 1. The number of benzene rings is 2. The van der Waals surface area contributed by atoms with Gasteiger partial charge in [0.15, 0.2) is 11.5 Å². The first-order valence-corrected chi connectivity index (χ1v) is 11.4. The fourth-order valence-corrected chi connectivity index (χ4v) is 4.31. The Morgan fingerprint density at radius 2 is 1.94 bits per heavy atom. The van der Waals surface area contributed by atoms with Crippen molar-refractivity contribution in [2.45, 2.75) is 19.1 Å². The summed E-state index contributed by atoms with van der Waals surface area (Å²) in [7, 11) is 3.39. The van der Waals surface area contributed by atoms with Crippen molar-refractivity contribution >= 4 is 17.0 Å². The van der Waals surface area contributed by atoms with Gasteiger partial charge in [-0.3, -0.25) is 9.58 Å². The first-order chi connectivity index (χ1) is 17.0. The molecule has 1 amide bonds. The third-order valence-corrected chi connectivity index (χ3v) is 6.17. The highest BCUT2D eigenvalue weighted by Gasteiger charge is 2.31. The second-order valence-corrected chi connectivity index (χ2v) is 8.47. The molecule has 1 saturated heterocycles. The van der Waals surface area contributed by atoms with Gasteiger partial charge in [-0.05, 0) is 13.0 Å². The van der Waals surface area contributed by atoms with Gasteiger partial charge < -0.3 is 20.5 Å². The van der Waals surface area contributed by atoms with Crippen LogP contribution in [0.5, 0.6) is 11.5 Å². The molecular formula is C25H27N7O3. The lowest BCUT2D eigenvalue weighted by molar-refractivity contribution is 0.104. The number of ether oxygens (including phenoxy) is 2. The number of methoxy groups -OCH3 is 1. The number of hydrogen-bond acceptors (Lipinski definition) is 8. The Bertz CT molecular complexity index is 1370. The zero-order valence-electron chi connectivity index (χ0n) is 19.8. The van der Waals surface area contributed by atoms with E-state index < -0.39 is 12.3 Å². The Kier molecular flexibility index (Phi) is 6.06. The van der Waals surface area contributed by atoms with Gasteiger partial charge in [0.1, 0.15) is 12.0 Å². The van der Waals surface area contributed by atoms with Crippen LogP contribution in [0.3, 0.4) is 0 Å². The summed E-state index contributed by atoms with van der Waals surface area (Å²) >= 11 is 0. The van der Waals surface area contributed by atoms with Crippen molar-refractivity contribution in [1.82, 2.24) is 30.0 Å². The smallest absolute Gasteiger partial charge is 0.416 e. The molecule has 10 nitrogen and oxygen atoms in total. The van der Waals surface area contributed by atoms with Gasteiger partial charge in [0.25, 0.3) is 0 Å². The molecule has 0 aliphatic carbocycles. The monoisotopic (exact) mass is 473 g/mol. The number of piperazine rings is 1. The van der Waals surface area contributed by atoms with E-state index in [1.807, 2.05) is 50.5 Å². The standard InChI is InChI=1S/C25H27N7O3/c1-15-24(26)32(10-9-27-15)25(33)35-21-11-17-19(12-20(21)34-3)28-14-29-23(17)18-13-31(2)30-22(18)16-7-5-4-6-8-16/h4-8,11-15,24,27H,9-10,26H2,1-3H3/t15-,24-/m1/s1. The van der Waals surface area contributed by atoms with E-state index in [0.717, 1.165) is 16.8 Å². The Morgan fingerprint density at radius 1 is 1.14 bits per heavy atom. The molecule has 1 fully saturated rings. The van der Waals surface area contributed by atoms with E-state index >= 15 is 0 Å². The third kappa shape index (κ3) is 4.29. The minimum absolute atomic E-state index is 0.0446. The van der Waals surface area contributed by atoms with Crippen molar-refractivity contribution in [2.75, 3.05) is 20.2 Å². The molecule has 10 heteroatoms. The first kappa shape index (κ1) is 22.8. The SMILES string of the molecule is COc1cc2ncnc(-c3cn(C)nc3-c3ccccc3)c2cc1OC(=O)N1CCN[C@H](C)[C@@H]1N. The number of fused-ring (bicyclic) bond motifs is 1. The number of nitrogens with zero attached hydrogens (tertiary/aromatic N) is 5. The fraction of sp³-hybridized carbons (Fsp3) is 0.280. The summed E-state index contributed by atoms with van der Waals surface area (Å²) in [5, 5.41) is 8.62. The minimum atomic E-state index is -0.534. The predicted octanol–water partition coefficient (Wildman–Crippen LogP) is 2.78. The van der Waals surface area contributed by atoms with Gasteiger partial charge in [0.2, 0.25) is 0 Å².